The lowest BCUT2D eigenvalue weighted by molar-refractivity contribution is -0.000723. The Bertz CT molecular complexity index is 1080. The highest BCUT2D eigenvalue weighted by Crippen LogP contribution is 2.34. The van der Waals surface area contributed by atoms with E-state index in [0.717, 1.165) is 17.7 Å². The van der Waals surface area contributed by atoms with Crippen molar-refractivity contribution in [2.45, 2.75) is 40.1 Å². The lowest BCUT2D eigenvalue weighted by Crippen LogP contribution is -2.36. The molecule has 2 unspecified atom stereocenters. The molecule has 3 aromatic carbocycles. The summed E-state index contributed by atoms with van der Waals surface area (Å²) in [4.78, 5) is 16.5. The number of ether oxygens (including phenoxy) is 1. The summed E-state index contributed by atoms with van der Waals surface area (Å²) < 4.78 is 5.88. The maximum Gasteiger partial charge on any atom is 0.339 e. The first-order valence-corrected chi connectivity index (χ1v) is 11.7. The molecule has 0 bridgehead atoms. The summed E-state index contributed by atoms with van der Waals surface area (Å²) in [5.74, 6) is 2.38. The Hall–Kier alpha value is -3.22. The molecule has 0 radical (unpaired) electrons. The highest BCUT2D eigenvalue weighted by Gasteiger charge is 2.37. The zero-order chi connectivity index (χ0) is 21.7. The molecule has 3 heteroatoms. The summed E-state index contributed by atoms with van der Waals surface area (Å²) in [6, 6.07) is 28.4. The topological polar surface area (TPSA) is 26.3 Å². The van der Waals surface area contributed by atoms with Gasteiger partial charge in [-0.1, -0.05) is 60.5 Å². The molecule has 0 spiro atoms. The highest BCUT2D eigenvalue weighted by atomic mass is 32.2. The Morgan fingerprint density at radius 3 is 2.13 bits per heavy atom. The van der Waals surface area contributed by atoms with E-state index in [9.17, 15) is 4.79 Å². The van der Waals surface area contributed by atoms with Crippen LogP contribution in [0.3, 0.4) is 0 Å². The molecule has 1 aliphatic carbocycles. The van der Waals surface area contributed by atoms with Crippen LogP contribution in [0.25, 0.3) is 0 Å². The number of carbonyl (C=O) groups excluding carboxylic acids is 1. The van der Waals surface area contributed by atoms with Gasteiger partial charge in [-0.05, 0) is 56.2 Å². The third-order valence-corrected chi connectivity index (χ3v) is 7.79. The zero-order valence-corrected chi connectivity index (χ0v) is 18.3. The fourth-order valence-electron chi connectivity index (χ4n) is 3.83. The van der Waals surface area contributed by atoms with Crippen LogP contribution in [-0.2, 0) is 15.6 Å². The molecule has 0 N–H and O–H groups in total. The quantitative estimate of drug-likeness (QED) is 0.201. The Morgan fingerprint density at radius 2 is 1.58 bits per heavy atom. The number of hydrogen-bond donors (Lipinski definition) is 0. The van der Waals surface area contributed by atoms with Gasteiger partial charge in [0.05, 0.1) is 16.5 Å². The Balaban J connectivity index is 1.67. The summed E-state index contributed by atoms with van der Waals surface area (Å²) in [6.07, 6.45) is 11.8. The van der Waals surface area contributed by atoms with Crippen molar-refractivity contribution in [3.05, 3.63) is 103 Å². The smallest absolute Gasteiger partial charge is 0.339 e. The molecule has 0 heterocycles. The molecule has 0 aliphatic heterocycles. The van der Waals surface area contributed by atoms with Crippen molar-refractivity contribution in [1.82, 2.24) is 0 Å². The lowest BCUT2D eigenvalue weighted by atomic mass is 9.89. The van der Waals surface area contributed by atoms with Crippen molar-refractivity contribution >= 4 is 16.9 Å². The third kappa shape index (κ3) is 4.60. The second kappa shape index (κ2) is 9.29. The average molecular weight is 426 g/mol. The van der Waals surface area contributed by atoms with Crippen molar-refractivity contribution in [2.75, 3.05) is 0 Å². The Kier molecular flexibility index (Phi) is 6.30. The first-order valence-electron chi connectivity index (χ1n) is 10.4. The van der Waals surface area contributed by atoms with Gasteiger partial charge in [0, 0.05) is 12.0 Å². The van der Waals surface area contributed by atoms with E-state index in [1.54, 1.807) is 6.07 Å². The number of benzene rings is 3. The Morgan fingerprint density at radius 1 is 0.968 bits per heavy atom. The second-order valence-corrected chi connectivity index (χ2v) is 9.74. The number of carbonyl (C=O) groups is 1. The third-order valence-electron chi connectivity index (χ3n) is 5.57. The summed E-state index contributed by atoms with van der Waals surface area (Å²) in [5, 5.41) is 0. The van der Waals surface area contributed by atoms with Crippen LogP contribution in [-0.4, -0.2) is 11.6 Å². The zero-order valence-electron chi connectivity index (χ0n) is 17.5. The van der Waals surface area contributed by atoms with Crippen LogP contribution < -0.4 is 0 Å². The number of allylic oxidation sites excluding steroid dienone is 1. The van der Waals surface area contributed by atoms with Crippen LogP contribution >= 0.6 is 0 Å². The highest BCUT2D eigenvalue weighted by molar-refractivity contribution is 7.97. The van der Waals surface area contributed by atoms with Gasteiger partial charge in [-0.3, -0.25) is 0 Å². The second-order valence-electron chi connectivity index (χ2n) is 7.71. The molecule has 2 atom stereocenters. The predicted octanol–water partition coefficient (Wildman–Crippen LogP) is 6.30. The SMILES string of the molecule is C#CC(C)(OC(=O)c1cccc([S+](c2ccccc2)c2ccccc2)c1)C1C=CCC1. The van der Waals surface area contributed by atoms with Gasteiger partial charge in [0.15, 0.2) is 20.3 Å². The van der Waals surface area contributed by atoms with E-state index in [1.807, 2.05) is 55.5 Å². The fourth-order valence-corrected chi connectivity index (χ4v) is 5.96. The summed E-state index contributed by atoms with van der Waals surface area (Å²) >= 11 is 0. The van der Waals surface area contributed by atoms with Gasteiger partial charge >= 0.3 is 5.97 Å². The summed E-state index contributed by atoms with van der Waals surface area (Å²) in [6.45, 7) is 1.83. The molecule has 3 aromatic rings. The maximum absolute atomic E-state index is 13.1. The van der Waals surface area contributed by atoms with Crippen molar-refractivity contribution < 1.29 is 9.53 Å². The molecular weight excluding hydrogens is 400 g/mol. The largest absolute Gasteiger partial charge is 0.442 e. The molecule has 154 valence electrons. The van der Waals surface area contributed by atoms with Crippen LogP contribution in [0.15, 0.2) is 112 Å². The number of terminal acetylenes is 1. The number of hydrogen-bond acceptors (Lipinski definition) is 2. The molecule has 0 saturated heterocycles. The molecular formula is C28H25O2S+. The van der Waals surface area contributed by atoms with Gasteiger partial charge in [-0.15, -0.1) is 6.42 Å². The van der Waals surface area contributed by atoms with E-state index in [-0.39, 0.29) is 22.8 Å². The van der Waals surface area contributed by atoms with Crippen molar-refractivity contribution in [1.29, 1.82) is 0 Å². The van der Waals surface area contributed by atoms with Gasteiger partial charge in [0.25, 0.3) is 0 Å². The minimum atomic E-state index is -0.944. The average Bonchev–Trinajstić information content (AvgIpc) is 3.37. The van der Waals surface area contributed by atoms with Crippen LogP contribution in [0, 0.1) is 18.3 Å². The van der Waals surface area contributed by atoms with Crippen LogP contribution in [0.5, 0.6) is 0 Å². The molecule has 0 amide bonds. The predicted molar refractivity (Wildman–Crippen MR) is 126 cm³/mol. The van der Waals surface area contributed by atoms with Gasteiger partial charge < -0.3 is 4.74 Å². The summed E-state index contributed by atoms with van der Waals surface area (Å²) in [7, 11) is -0.328. The first kappa shape index (κ1) is 21.0. The van der Waals surface area contributed by atoms with Gasteiger partial charge in [0.1, 0.15) is 0 Å². The van der Waals surface area contributed by atoms with Crippen molar-refractivity contribution in [2.24, 2.45) is 5.92 Å². The van der Waals surface area contributed by atoms with E-state index >= 15 is 0 Å². The monoisotopic (exact) mass is 425 g/mol. The van der Waals surface area contributed by atoms with E-state index in [4.69, 9.17) is 11.2 Å². The van der Waals surface area contributed by atoms with E-state index in [1.165, 1.54) is 9.79 Å². The van der Waals surface area contributed by atoms with Gasteiger partial charge in [-0.2, -0.15) is 0 Å². The van der Waals surface area contributed by atoms with Gasteiger partial charge in [0.2, 0.25) is 0 Å². The molecule has 4 rings (SSSR count). The number of rotatable bonds is 6. The molecule has 31 heavy (non-hydrogen) atoms. The van der Waals surface area contributed by atoms with Crippen LogP contribution in [0.4, 0.5) is 0 Å². The molecule has 0 saturated carbocycles. The van der Waals surface area contributed by atoms with E-state index in [0.29, 0.717) is 5.56 Å². The number of esters is 1. The van der Waals surface area contributed by atoms with Crippen LogP contribution in [0.1, 0.15) is 30.1 Å². The summed E-state index contributed by atoms with van der Waals surface area (Å²) in [5.41, 5.74) is -0.425. The molecule has 0 fully saturated rings. The fraction of sp³-hybridized carbons (Fsp3) is 0.179. The molecule has 0 aromatic heterocycles. The standard InChI is InChI=1S/C28H25O2S/c1-3-28(2,23-14-10-11-15-23)30-27(29)22-13-12-20-26(21-22)31(24-16-6-4-7-17-24)25-18-8-5-9-19-25/h1,4-10,12-14,16-21,23H,11,15H2,2H3/q+1. The normalized spacial score (nSPS) is 17.1. The Labute approximate surface area is 187 Å². The van der Waals surface area contributed by atoms with Crippen LogP contribution in [0.2, 0.25) is 0 Å². The van der Waals surface area contributed by atoms with Crippen molar-refractivity contribution in [3.63, 3.8) is 0 Å². The van der Waals surface area contributed by atoms with E-state index < -0.39 is 5.60 Å². The van der Waals surface area contributed by atoms with Gasteiger partial charge in [-0.25, -0.2) is 4.79 Å². The lowest BCUT2D eigenvalue weighted by Gasteiger charge is -2.29. The maximum atomic E-state index is 13.1. The molecule has 2 nitrogen and oxygen atoms in total. The van der Waals surface area contributed by atoms with E-state index in [2.05, 4.69) is 48.4 Å². The first-order chi connectivity index (χ1) is 15.1. The van der Waals surface area contributed by atoms with Crippen molar-refractivity contribution in [3.8, 4) is 12.3 Å². The molecule has 1 aliphatic rings. The minimum absolute atomic E-state index is 0.0490. The minimum Gasteiger partial charge on any atom is -0.442 e.